The Morgan fingerprint density at radius 3 is 2.56 bits per heavy atom. The fourth-order valence-electron chi connectivity index (χ4n) is 2.04. The quantitative estimate of drug-likeness (QED) is 0.784. The number of carboxylic acid groups (broad SMARTS) is 1. The van der Waals surface area contributed by atoms with Crippen LogP contribution in [0.2, 0.25) is 0 Å². The number of pyridine rings is 1. The van der Waals surface area contributed by atoms with Crippen molar-refractivity contribution in [1.29, 1.82) is 0 Å². The van der Waals surface area contributed by atoms with Gasteiger partial charge in [0.15, 0.2) is 5.78 Å². The second-order valence-electron chi connectivity index (χ2n) is 3.67. The lowest BCUT2D eigenvalue weighted by Crippen LogP contribution is -2.00. The van der Waals surface area contributed by atoms with Gasteiger partial charge in [0.2, 0.25) is 0 Å². The summed E-state index contributed by atoms with van der Waals surface area (Å²) >= 11 is 0. The standard InChI is InChI=1S/C12H11NO3/c1-7-10(12(15)16)9-5-3-4-6-13(9)11(7)8(2)14/h3-6H,1-2H3,(H,15,16). The molecule has 4 heteroatoms. The Bertz CT molecular complexity index is 545. The van der Waals surface area contributed by atoms with E-state index in [1.165, 1.54) is 6.92 Å². The highest BCUT2D eigenvalue weighted by Gasteiger charge is 2.21. The molecule has 0 amide bonds. The number of aromatic carboxylic acids is 1. The molecule has 0 radical (unpaired) electrons. The van der Waals surface area contributed by atoms with Crippen molar-refractivity contribution in [3.8, 4) is 0 Å². The summed E-state index contributed by atoms with van der Waals surface area (Å²) in [6.45, 7) is 3.10. The Kier molecular flexibility index (Phi) is 2.27. The van der Waals surface area contributed by atoms with Crippen molar-refractivity contribution in [1.82, 2.24) is 4.40 Å². The van der Waals surface area contributed by atoms with Gasteiger partial charge in [-0.2, -0.15) is 0 Å². The van der Waals surface area contributed by atoms with Gasteiger partial charge < -0.3 is 9.51 Å². The van der Waals surface area contributed by atoms with Crippen LogP contribution in [-0.2, 0) is 0 Å². The molecule has 0 fully saturated rings. The van der Waals surface area contributed by atoms with Crippen LogP contribution in [0.4, 0.5) is 0 Å². The van der Waals surface area contributed by atoms with E-state index in [1.807, 2.05) is 0 Å². The maximum atomic E-state index is 11.5. The summed E-state index contributed by atoms with van der Waals surface area (Å²) in [6, 6.07) is 5.22. The van der Waals surface area contributed by atoms with Crippen molar-refractivity contribution < 1.29 is 14.7 Å². The van der Waals surface area contributed by atoms with Crippen molar-refractivity contribution in [3.63, 3.8) is 0 Å². The molecule has 2 rings (SSSR count). The molecule has 0 spiro atoms. The molecule has 0 aromatic carbocycles. The lowest BCUT2D eigenvalue weighted by Gasteiger charge is -1.98. The first-order valence-corrected chi connectivity index (χ1v) is 4.88. The average Bonchev–Trinajstić information content (AvgIpc) is 2.49. The van der Waals surface area contributed by atoms with Crippen LogP contribution < -0.4 is 0 Å². The smallest absolute Gasteiger partial charge is 0.338 e. The zero-order chi connectivity index (χ0) is 11.9. The number of aromatic nitrogens is 1. The third-order valence-electron chi connectivity index (χ3n) is 2.63. The number of rotatable bonds is 2. The molecule has 0 unspecified atom stereocenters. The van der Waals surface area contributed by atoms with Crippen LogP contribution in [0, 0.1) is 6.92 Å². The minimum absolute atomic E-state index is 0.133. The van der Waals surface area contributed by atoms with Crippen molar-refractivity contribution in [3.05, 3.63) is 41.2 Å². The molecule has 0 aliphatic heterocycles. The van der Waals surface area contributed by atoms with E-state index in [1.54, 1.807) is 35.7 Å². The van der Waals surface area contributed by atoms with Gasteiger partial charge in [0, 0.05) is 13.1 Å². The molecule has 2 aromatic rings. The highest BCUT2D eigenvalue weighted by Crippen LogP contribution is 2.23. The number of nitrogens with zero attached hydrogens (tertiary/aromatic N) is 1. The van der Waals surface area contributed by atoms with E-state index < -0.39 is 5.97 Å². The minimum atomic E-state index is -1.01. The van der Waals surface area contributed by atoms with Crippen LogP contribution in [-0.4, -0.2) is 21.3 Å². The summed E-state index contributed by atoms with van der Waals surface area (Å²) in [5.41, 5.74) is 1.71. The molecule has 2 heterocycles. The zero-order valence-electron chi connectivity index (χ0n) is 9.02. The molecule has 0 atom stereocenters. The SMILES string of the molecule is CC(=O)c1c(C)c(C(=O)O)c2ccccn12. The van der Waals surface area contributed by atoms with E-state index in [0.29, 0.717) is 16.8 Å². The first-order valence-electron chi connectivity index (χ1n) is 4.88. The van der Waals surface area contributed by atoms with Crippen LogP contribution in [0.3, 0.4) is 0 Å². The van der Waals surface area contributed by atoms with E-state index >= 15 is 0 Å². The minimum Gasteiger partial charge on any atom is -0.478 e. The van der Waals surface area contributed by atoms with Gasteiger partial charge >= 0.3 is 5.97 Å². The summed E-state index contributed by atoms with van der Waals surface area (Å²) in [5, 5.41) is 9.13. The number of ketones is 1. The average molecular weight is 217 g/mol. The van der Waals surface area contributed by atoms with Gasteiger partial charge in [-0.25, -0.2) is 4.79 Å². The molecule has 0 aliphatic carbocycles. The molecule has 0 aliphatic rings. The first-order chi connectivity index (χ1) is 7.54. The van der Waals surface area contributed by atoms with Gasteiger partial charge in [-0.3, -0.25) is 4.79 Å². The molecular weight excluding hydrogens is 206 g/mol. The van der Waals surface area contributed by atoms with Crippen LogP contribution in [0.1, 0.15) is 33.3 Å². The molecule has 1 N–H and O–H groups in total. The largest absolute Gasteiger partial charge is 0.478 e. The summed E-state index contributed by atoms with van der Waals surface area (Å²) < 4.78 is 1.63. The second-order valence-corrected chi connectivity index (χ2v) is 3.67. The van der Waals surface area contributed by atoms with Crippen molar-refractivity contribution in [2.75, 3.05) is 0 Å². The third kappa shape index (κ3) is 1.31. The number of carbonyl (C=O) groups excluding carboxylic acids is 1. The topological polar surface area (TPSA) is 58.8 Å². The Balaban J connectivity index is 2.97. The number of carboxylic acids is 1. The van der Waals surface area contributed by atoms with Crippen LogP contribution in [0.5, 0.6) is 0 Å². The molecule has 2 aromatic heterocycles. The van der Waals surface area contributed by atoms with E-state index in [4.69, 9.17) is 5.11 Å². The van der Waals surface area contributed by atoms with Gasteiger partial charge in [-0.1, -0.05) is 6.07 Å². The Morgan fingerprint density at radius 1 is 1.31 bits per heavy atom. The second kappa shape index (κ2) is 3.48. The van der Waals surface area contributed by atoms with E-state index in [9.17, 15) is 9.59 Å². The highest BCUT2D eigenvalue weighted by atomic mass is 16.4. The van der Waals surface area contributed by atoms with Crippen LogP contribution in [0.15, 0.2) is 24.4 Å². The number of fused-ring (bicyclic) bond motifs is 1. The lowest BCUT2D eigenvalue weighted by atomic mass is 10.1. The summed E-state index contributed by atoms with van der Waals surface area (Å²) in [6.07, 6.45) is 1.70. The summed E-state index contributed by atoms with van der Waals surface area (Å²) in [4.78, 5) is 22.6. The number of hydrogen-bond acceptors (Lipinski definition) is 2. The summed E-state index contributed by atoms with van der Waals surface area (Å²) in [5.74, 6) is -1.14. The normalized spacial score (nSPS) is 10.6. The number of hydrogen-bond donors (Lipinski definition) is 1. The fourth-order valence-corrected chi connectivity index (χ4v) is 2.04. The Labute approximate surface area is 92.1 Å². The summed E-state index contributed by atoms with van der Waals surface area (Å²) in [7, 11) is 0. The van der Waals surface area contributed by atoms with E-state index in [2.05, 4.69) is 0 Å². The van der Waals surface area contributed by atoms with Gasteiger partial charge in [0.25, 0.3) is 0 Å². The third-order valence-corrected chi connectivity index (χ3v) is 2.63. The lowest BCUT2D eigenvalue weighted by molar-refractivity contribution is 0.0698. The Morgan fingerprint density at radius 2 is 2.00 bits per heavy atom. The Hall–Kier alpha value is -2.10. The van der Waals surface area contributed by atoms with Gasteiger partial charge in [-0.05, 0) is 24.6 Å². The predicted octanol–water partition coefficient (Wildman–Crippen LogP) is 2.15. The maximum Gasteiger partial charge on any atom is 0.338 e. The van der Waals surface area contributed by atoms with Gasteiger partial charge in [-0.15, -0.1) is 0 Å². The predicted molar refractivity (Wildman–Crippen MR) is 59.1 cm³/mol. The monoisotopic (exact) mass is 217 g/mol. The number of carbonyl (C=O) groups is 2. The first kappa shape index (κ1) is 10.4. The van der Waals surface area contributed by atoms with Gasteiger partial charge in [0.1, 0.15) is 0 Å². The van der Waals surface area contributed by atoms with E-state index in [0.717, 1.165) is 0 Å². The van der Waals surface area contributed by atoms with E-state index in [-0.39, 0.29) is 11.3 Å². The van der Waals surface area contributed by atoms with Crippen LogP contribution >= 0.6 is 0 Å². The molecule has 0 saturated heterocycles. The van der Waals surface area contributed by atoms with Crippen molar-refractivity contribution >= 4 is 17.3 Å². The molecule has 4 nitrogen and oxygen atoms in total. The van der Waals surface area contributed by atoms with Crippen LogP contribution in [0.25, 0.3) is 5.52 Å². The zero-order valence-corrected chi connectivity index (χ0v) is 9.02. The number of Topliss-reactive ketones (excluding diaryl/α,β-unsaturated/α-hetero) is 1. The fraction of sp³-hybridized carbons (Fsp3) is 0.167. The van der Waals surface area contributed by atoms with Crippen molar-refractivity contribution in [2.45, 2.75) is 13.8 Å². The molecule has 16 heavy (non-hydrogen) atoms. The van der Waals surface area contributed by atoms with Gasteiger partial charge in [0.05, 0.1) is 16.8 Å². The molecular formula is C12H11NO3. The highest BCUT2D eigenvalue weighted by molar-refractivity contribution is 6.04. The van der Waals surface area contributed by atoms with Crippen molar-refractivity contribution in [2.24, 2.45) is 0 Å². The maximum absolute atomic E-state index is 11.5. The molecule has 82 valence electrons. The molecule has 0 saturated carbocycles. The molecule has 0 bridgehead atoms.